The van der Waals surface area contributed by atoms with Crippen molar-refractivity contribution < 1.29 is 17.9 Å². The van der Waals surface area contributed by atoms with Gasteiger partial charge in [-0.15, -0.1) is 0 Å². The SMILES string of the molecule is CCN(CC)[SiH2]OCOc1ccc(-c2cc(F)cc(F)c2)cc1. The van der Waals surface area contributed by atoms with Gasteiger partial charge in [-0.1, -0.05) is 26.0 Å². The maximum absolute atomic E-state index is 13.2. The molecule has 0 fully saturated rings. The fourth-order valence-corrected chi connectivity index (χ4v) is 2.93. The normalized spacial score (nSPS) is 11.5. The van der Waals surface area contributed by atoms with E-state index in [0.29, 0.717) is 11.3 Å². The molecule has 124 valence electrons. The second-order valence-electron chi connectivity index (χ2n) is 5.08. The molecule has 0 aliphatic rings. The Morgan fingerprint density at radius 1 is 0.913 bits per heavy atom. The zero-order chi connectivity index (χ0) is 16.7. The van der Waals surface area contributed by atoms with Crippen molar-refractivity contribution in [2.75, 3.05) is 19.9 Å². The predicted octanol–water partition coefficient (Wildman–Crippen LogP) is 3.33. The van der Waals surface area contributed by atoms with E-state index in [0.717, 1.165) is 24.7 Å². The van der Waals surface area contributed by atoms with E-state index in [4.69, 9.17) is 9.16 Å². The first kappa shape index (κ1) is 17.6. The number of nitrogens with zero attached hydrogens (tertiary/aromatic N) is 1. The first-order valence-electron chi connectivity index (χ1n) is 7.61. The highest BCUT2D eigenvalue weighted by Gasteiger charge is 2.04. The van der Waals surface area contributed by atoms with Crippen LogP contribution in [-0.2, 0) is 4.43 Å². The van der Waals surface area contributed by atoms with Crippen LogP contribution in [-0.4, -0.2) is 34.4 Å². The molecule has 0 aliphatic heterocycles. The van der Waals surface area contributed by atoms with Gasteiger partial charge in [0.15, 0.2) is 6.79 Å². The number of hydrogen-bond donors (Lipinski definition) is 0. The molecular weight excluding hydrogens is 316 g/mol. The summed E-state index contributed by atoms with van der Waals surface area (Å²) >= 11 is 0. The minimum Gasteiger partial charge on any atom is -0.469 e. The Hall–Kier alpha value is -1.76. The second-order valence-corrected chi connectivity index (χ2v) is 6.64. The zero-order valence-electron chi connectivity index (χ0n) is 13.4. The fraction of sp³-hybridized carbons (Fsp3) is 0.294. The van der Waals surface area contributed by atoms with E-state index in [1.165, 1.54) is 12.1 Å². The van der Waals surface area contributed by atoms with Crippen LogP contribution in [0.15, 0.2) is 42.5 Å². The lowest BCUT2D eigenvalue weighted by atomic mass is 10.1. The average molecular weight is 337 g/mol. The highest BCUT2D eigenvalue weighted by atomic mass is 28.2. The number of hydrogen-bond acceptors (Lipinski definition) is 3. The number of halogens is 2. The molecule has 6 heteroatoms. The minimum absolute atomic E-state index is 0.219. The minimum atomic E-state index is -0.724. The topological polar surface area (TPSA) is 21.7 Å². The van der Waals surface area contributed by atoms with E-state index in [1.807, 2.05) is 0 Å². The predicted molar refractivity (Wildman–Crippen MR) is 89.8 cm³/mol. The number of ether oxygens (including phenoxy) is 1. The van der Waals surface area contributed by atoms with E-state index >= 15 is 0 Å². The summed E-state index contributed by atoms with van der Waals surface area (Å²) in [5, 5.41) is 0. The van der Waals surface area contributed by atoms with Gasteiger partial charge < -0.3 is 13.7 Å². The van der Waals surface area contributed by atoms with Crippen molar-refractivity contribution in [3.63, 3.8) is 0 Å². The van der Waals surface area contributed by atoms with Gasteiger partial charge in [-0.05, 0) is 48.5 Å². The summed E-state index contributed by atoms with van der Waals surface area (Å²) in [6.45, 7) is 6.41. The Morgan fingerprint density at radius 3 is 2.09 bits per heavy atom. The standard InChI is InChI=1S/C17H21F2NO2Si/c1-3-20(4-2)23-22-12-21-17-7-5-13(6-8-17)14-9-15(18)11-16(19)10-14/h5-11H,3-4,12,23H2,1-2H3. The smallest absolute Gasteiger partial charge is 0.243 e. The maximum Gasteiger partial charge on any atom is 0.243 e. The van der Waals surface area contributed by atoms with Gasteiger partial charge in [-0.25, -0.2) is 8.78 Å². The Labute approximate surface area is 137 Å². The summed E-state index contributed by atoms with van der Waals surface area (Å²) in [7, 11) is -0.724. The first-order valence-corrected chi connectivity index (χ1v) is 8.82. The van der Waals surface area contributed by atoms with E-state index < -0.39 is 21.6 Å². The monoisotopic (exact) mass is 337 g/mol. The average Bonchev–Trinajstić information content (AvgIpc) is 2.55. The van der Waals surface area contributed by atoms with Gasteiger partial charge in [0.05, 0.1) is 0 Å². The largest absolute Gasteiger partial charge is 0.469 e. The molecule has 0 heterocycles. The molecule has 0 saturated heterocycles. The molecule has 0 aliphatic carbocycles. The molecule has 0 unspecified atom stereocenters. The Balaban J connectivity index is 1.89. The molecule has 23 heavy (non-hydrogen) atoms. The summed E-state index contributed by atoms with van der Waals surface area (Å²) in [5.74, 6) is -0.510. The molecule has 0 amide bonds. The molecule has 0 atom stereocenters. The van der Waals surface area contributed by atoms with Crippen molar-refractivity contribution in [3.8, 4) is 16.9 Å². The van der Waals surface area contributed by atoms with Crippen molar-refractivity contribution in [2.45, 2.75) is 13.8 Å². The lowest BCUT2D eigenvalue weighted by molar-refractivity contribution is 0.113. The molecular formula is C17H21F2NO2Si. The van der Waals surface area contributed by atoms with Crippen LogP contribution >= 0.6 is 0 Å². The van der Waals surface area contributed by atoms with Crippen molar-refractivity contribution >= 4 is 9.92 Å². The highest BCUT2D eigenvalue weighted by molar-refractivity contribution is 6.23. The Bertz CT molecular complexity index is 598. The highest BCUT2D eigenvalue weighted by Crippen LogP contribution is 2.24. The van der Waals surface area contributed by atoms with Crippen molar-refractivity contribution in [3.05, 3.63) is 54.1 Å². The summed E-state index contributed by atoms with van der Waals surface area (Å²) in [6.07, 6.45) is 0. The van der Waals surface area contributed by atoms with Gasteiger partial charge in [0.2, 0.25) is 9.92 Å². The molecule has 0 radical (unpaired) electrons. The number of benzene rings is 2. The van der Waals surface area contributed by atoms with Gasteiger partial charge in [0.25, 0.3) is 0 Å². The van der Waals surface area contributed by atoms with Crippen LogP contribution in [0.3, 0.4) is 0 Å². The number of rotatable bonds is 8. The molecule has 0 bridgehead atoms. The second kappa shape index (κ2) is 8.76. The van der Waals surface area contributed by atoms with Gasteiger partial charge in [0.1, 0.15) is 17.4 Å². The van der Waals surface area contributed by atoms with E-state index in [2.05, 4.69) is 18.4 Å². The van der Waals surface area contributed by atoms with Crippen LogP contribution in [0.25, 0.3) is 11.1 Å². The van der Waals surface area contributed by atoms with Gasteiger partial charge in [0, 0.05) is 6.07 Å². The third-order valence-corrected chi connectivity index (χ3v) is 5.14. The van der Waals surface area contributed by atoms with Crippen LogP contribution in [0.4, 0.5) is 8.78 Å². The third kappa shape index (κ3) is 5.42. The quantitative estimate of drug-likeness (QED) is 0.419. The molecule has 0 spiro atoms. The zero-order valence-corrected chi connectivity index (χ0v) is 14.8. The fourth-order valence-electron chi connectivity index (χ4n) is 2.15. The maximum atomic E-state index is 13.2. The molecule has 3 nitrogen and oxygen atoms in total. The lowest BCUT2D eigenvalue weighted by Crippen LogP contribution is -2.30. The van der Waals surface area contributed by atoms with Crippen LogP contribution in [0.1, 0.15) is 13.8 Å². The molecule has 2 aromatic rings. The summed E-state index contributed by atoms with van der Waals surface area (Å²) in [4.78, 5) is 0. The van der Waals surface area contributed by atoms with Crippen molar-refractivity contribution in [1.29, 1.82) is 0 Å². The van der Waals surface area contributed by atoms with E-state index in [-0.39, 0.29) is 6.79 Å². The van der Waals surface area contributed by atoms with Crippen LogP contribution in [0.5, 0.6) is 5.75 Å². The van der Waals surface area contributed by atoms with E-state index in [1.54, 1.807) is 24.3 Å². The van der Waals surface area contributed by atoms with Crippen LogP contribution in [0, 0.1) is 11.6 Å². The lowest BCUT2D eigenvalue weighted by Gasteiger charge is -2.17. The first-order chi connectivity index (χ1) is 11.1. The summed E-state index contributed by atoms with van der Waals surface area (Å²) in [5.41, 5.74) is 1.23. The van der Waals surface area contributed by atoms with Gasteiger partial charge >= 0.3 is 0 Å². The molecule has 0 saturated carbocycles. The van der Waals surface area contributed by atoms with Crippen LogP contribution < -0.4 is 4.74 Å². The molecule has 0 N–H and O–H groups in total. The van der Waals surface area contributed by atoms with Crippen molar-refractivity contribution in [1.82, 2.24) is 4.57 Å². The summed E-state index contributed by atoms with van der Waals surface area (Å²) < 4.78 is 39.8. The Kier molecular flexibility index (Phi) is 6.70. The Morgan fingerprint density at radius 2 is 1.52 bits per heavy atom. The third-order valence-electron chi connectivity index (χ3n) is 3.53. The van der Waals surface area contributed by atoms with E-state index in [9.17, 15) is 8.78 Å². The molecule has 2 rings (SSSR count). The van der Waals surface area contributed by atoms with Crippen LogP contribution in [0.2, 0.25) is 0 Å². The molecule has 0 aromatic heterocycles. The summed E-state index contributed by atoms with van der Waals surface area (Å²) in [6, 6.07) is 10.5. The van der Waals surface area contributed by atoms with Crippen molar-refractivity contribution in [2.24, 2.45) is 0 Å². The van der Waals surface area contributed by atoms with Gasteiger partial charge in [-0.2, -0.15) is 0 Å². The molecule has 2 aromatic carbocycles. The van der Waals surface area contributed by atoms with Gasteiger partial charge in [-0.3, -0.25) is 0 Å².